The van der Waals surface area contributed by atoms with Crippen molar-refractivity contribution < 1.29 is 34.8 Å². The molecule has 0 unspecified atom stereocenters. The van der Waals surface area contributed by atoms with Crippen LogP contribution in [0.15, 0.2) is 53.4 Å². The van der Waals surface area contributed by atoms with Crippen molar-refractivity contribution in [3.05, 3.63) is 59.7 Å². The molecule has 11 heteroatoms. The lowest BCUT2D eigenvalue weighted by Crippen LogP contribution is -2.23. The Balaban J connectivity index is 1.76. The van der Waals surface area contributed by atoms with E-state index in [9.17, 15) is 34.8 Å². The third-order valence-electron chi connectivity index (χ3n) is 4.52. The summed E-state index contributed by atoms with van der Waals surface area (Å²) >= 11 is 0. The van der Waals surface area contributed by atoms with E-state index in [4.69, 9.17) is 0 Å². The van der Waals surface area contributed by atoms with E-state index < -0.39 is 48.3 Å². The lowest BCUT2D eigenvalue weighted by Gasteiger charge is -2.12. The van der Waals surface area contributed by atoms with Crippen LogP contribution in [-0.4, -0.2) is 39.5 Å². The van der Waals surface area contributed by atoms with Crippen molar-refractivity contribution >= 4 is 31.3 Å². The van der Waals surface area contributed by atoms with Crippen LogP contribution in [0.1, 0.15) is 22.3 Å². The summed E-state index contributed by atoms with van der Waals surface area (Å²) in [6, 6.07) is 8.92. The highest BCUT2D eigenvalue weighted by Gasteiger charge is 2.38. The molecule has 1 heterocycles. The average molecular weight is 447 g/mol. The molecule has 1 aliphatic rings. The molecule has 6 nitrogen and oxygen atoms in total. The third-order valence-corrected chi connectivity index (χ3v) is 8.71. The van der Waals surface area contributed by atoms with E-state index in [1.807, 2.05) is 0 Å². The van der Waals surface area contributed by atoms with Gasteiger partial charge in [-0.05, 0) is 48.9 Å². The maximum absolute atomic E-state index is 12.8. The van der Waals surface area contributed by atoms with Crippen molar-refractivity contribution in [2.24, 2.45) is 0 Å². The van der Waals surface area contributed by atoms with E-state index in [-0.39, 0.29) is 28.3 Å². The van der Waals surface area contributed by atoms with Crippen LogP contribution in [0.5, 0.6) is 0 Å². The fourth-order valence-corrected chi connectivity index (χ4v) is 7.33. The summed E-state index contributed by atoms with van der Waals surface area (Å²) in [4.78, 5) is 12.1. The largest absolute Gasteiger partial charge is 0.416 e. The molecular weight excluding hydrogens is 431 g/mol. The molecule has 156 valence electrons. The summed E-state index contributed by atoms with van der Waals surface area (Å²) in [6.45, 7) is 0. The number of benzene rings is 2. The number of hydrogen-bond acceptors (Lipinski definition) is 5. The smallest absolute Gasteiger partial charge is 0.322 e. The minimum absolute atomic E-state index is 0.0163. The van der Waals surface area contributed by atoms with Gasteiger partial charge in [-0.25, -0.2) is 16.8 Å². The molecule has 2 aromatic carbocycles. The number of carbonyl (C=O) groups is 1. The molecule has 0 saturated carbocycles. The summed E-state index contributed by atoms with van der Waals surface area (Å²) in [5.74, 6) is -1.33. The normalized spacial score (nSPS) is 19.1. The first-order chi connectivity index (χ1) is 13.4. The van der Waals surface area contributed by atoms with Gasteiger partial charge in [-0.1, -0.05) is 6.07 Å². The Bertz CT molecular complexity index is 1140. The molecule has 1 fully saturated rings. The maximum Gasteiger partial charge on any atom is 0.416 e. The minimum atomic E-state index is -4.55. The zero-order chi connectivity index (χ0) is 21.4. The number of rotatable bonds is 4. The second kappa shape index (κ2) is 7.45. The number of hydrogen-bond donors (Lipinski definition) is 1. The first-order valence-electron chi connectivity index (χ1n) is 8.41. The monoisotopic (exact) mass is 447 g/mol. The van der Waals surface area contributed by atoms with Crippen LogP contribution in [-0.2, 0) is 25.9 Å². The van der Waals surface area contributed by atoms with Crippen molar-refractivity contribution in [2.45, 2.75) is 22.7 Å². The Morgan fingerprint density at radius 3 is 2.28 bits per heavy atom. The molecule has 1 atom stereocenters. The summed E-state index contributed by atoms with van der Waals surface area (Å²) in [5.41, 5.74) is -0.929. The predicted molar refractivity (Wildman–Crippen MR) is 100 cm³/mol. The minimum Gasteiger partial charge on any atom is -0.322 e. The highest BCUT2D eigenvalue weighted by atomic mass is 32.2. The van der Waals surface area contributed by atoms with Crippen LogP contribution in [0.25, 0.3) is 0 Å². The van der Waals surface area contributed by atoms with Gasteiger partial charge in [-0.15, -0.1) is 0 Å². The Morgan fingerprint density at radius 2 is 1.72 bits per heavy atom. The lowest BCUT2D eigenvalue weighted by molar-refractivity contribution is -0.137. The molecular formula is C18H16F3NO5S2. The number of halogens is 3. The number of carbonyl (C=O) groups excluding carboxylic acids is 1. The summed E-state index contributed by atoms with van der Waals surface area (Å²) in [5, 5.41) is 1.30. The molecule has 1 saturated heterocycles. The second-order valence-corrected chi connectivity index (χ2v) is 11.1. The van der Waals surface area contributed by atoms with Crippen LogP contribution >= 0.6 is 0 Å². The van der Waals surface area contributed by atoms with Gasteiger partial charge >= 0.3 is 6.18 Å². The Morgan fingerprint density at radius 1 is 1.07 bits per heavy atom. The van der Waals surface area contributed by atoms with Gasteiger partial charge in [0.2, 0.25) is 0 Å². The molecule has 1 N–H and O–H groups in total. The highest BCUT2D eigenvalue weighted by Crippen LogP contribution is 2.31. The zero-order valence-electron chi connectivity index (χ0n) is 14.8. The van der Waals surface area contributed by atoms with E-state index in [1.165, 1.54) is 30.3 Å². The van der Waals surface area contributed by atoms with E-state index >= 15 is 0 Å². The standard InChI is InChI=1S/C18H16F3NO5S2/c19-18(20,21)13-2-1-3-14(10-13)22-17(23)12-4-6-15(7-5-12)29(26,27)16-8-9-28(24,25)11-16/h1-7,10,16H,8-9,11H2,(H,22,23)/t16-/m1/s1. The van der Waals surface area contributed by atoms with E-state index in [2.05, 4.69) is 5.32 Å². The van der Waals surface area contributed by atoms with Crippen LogP contribution in [0, 0.1) is 0 Å². The van der Waals surface area contributed by atoms with Crippen LogP contribution in [0.2, 0.25) is 0 Å². The fourth-order valence-electron chi connectivity index (χ4n) is 2.97. The molecule has 0 aromatic heterocycles. The molecule has 0 aliphatic carbocycles. The summed E-state index contributed by atoms with van der Waals surface area (Å²) in [6.07, 6.45) is -4.53. The molecule has 0 spiro atoms. The van der Waals surface area contributed by atoms with Gasteiger partial charge in [0.15, 0.2) is 19.7 Å². The molecule has 0 radical (unpaired) electrons. The predicted octanol–water partition coefficient (Wildman–Crippen LogP) is 2.92. The van der Waals surface area contributed by atoms with Crippen LogP contribution in [0.3, 0.4) is 0 Å². The van der Waals surface area contributed by atoms with Gasteiger partial charge in [0.25, 0.3) is 5.91 Å². The fraction of sp³-hybridized carbons (Fsp3) is 0.278. The third kappa shape index (κ3) is 4.78. The van der Waals surface area contributed by atoms with Crippen molar-refractivity contribution in [2.75, 3.05) is 16.8 Å². The Kier molecular flexibility index (Phi) is 5.48. The number of anilines is 1. The van der Waals surface area contributed by atoms with Gasteiger partial charge in [0.1, 0.15) is 0 Å². The maximum atomic E-state index is 12.8. The number of amides is 1. The first-order valence-corrected chi connectivity index (χ1v) is 11.8. The highest BCUT2D eigenvalue weighted by molar-refractivity contribution is 7.96. The zero-order valence-corrected chi connectivity index (χ0v) is 16.4. The topological polar surface area (TPSA) is 97.4 Å². The average Bonchev–Trinajstić information content (AvgIpc) is 3.02. The second-order valence-electron chi connectivity index (χ2n) is 6.63. The van der Waals surface area contributed by atoms with Gasteiger partial charge in [0.05, 0.1) is 27.2 Å². The van der Waals surface area contributed by atoms with Crippen LogP contribution < -0.4 is 5.32 Å². The number of nitrogens with one attached hydrogen (secondary N) is 1. The summed E-state index contributed by atoms with van der Waals surface area (Å²) < 4.78 is 86.4. The van der Waals surface area contributed by atoms with Gasteiger partial charge in [-0.3, -0.25) is 4.79 Å². The molecule has 2 aromatic rings. The van der Waals surface area contributed by atoms with Gasteiger partial charge < -0.3 is 5.32 Å². The van der Waals surface area contributed by atoms with Crippen molar-refractivity contribution in [1.29, 1.82) is 0 Å². The molecule has 3 rings (SSSR count). The summed E-state index contributed by atoms with van der Waals surface area (Å²) in [7, 11) is -7.25. The van der Waals surface area contributed by atoms with Crippen molar-refractivity contribution in [3.63, 3.8) is 0 Å². The van der Waals surface area contributed by atoms with E-state index in [0.29, 0.717) is 0 Å². The first kappa shape index (κ1) is 21.3. The molecule has 1 aliphatic heterocycles. The SMILES string of the molecule is O=C(Nc1cccc(C(F)(F)F)c1)c1ccc(S(=O)(=O)[C@@H]2CCS(=O)(=O)C2)cc1. The quantitative estimate of drug-likeness (QED) is 0.777. The Labute approximate surface area is 165 Å². The van der Waals surface area contributed by atoms with Crippen molar-refractivity contribution in [3.8, 4) is 0 Å². The van der Waals surface area contributed by atoms with Gasteiger partial charge in [-0.2, -0.15) is 13.2 Å². The lowest BCUT2D eigenvalue weighted by atomic mass is 10.1. The van der Waals surface area contributed by atoms with E-state index in [1.54, 1.807) is 0 Å². The van der Waals surface area contributed by atoms with Crippen molar-refractivity contribution in [1.82, 2.24) is 0 Å². The molecule has 0 bridgehead atoms. The Hall–Kier alpha value is -2.40. The molecule has 29 heavy (non-hydrogen) atoms. The van der Waals surface area contributed by atoms with E-state index in [0.717, 1.165) is 18.2 Å². The van der Waals surface area contributed by atoms with Gasteiger partial charge in [0, 0.05) is 11.3 Å². The van der Waals surface area contributed by atoms with Crippen LogP contribution in [0.4, 0.5) is 18.9 Å². The molecule has 1 amide bonds. The number of sulfone groups is 2. The number of alkyl halides is 3.